The van der Waals surface area contributed by atoms with E-state index in [1.807, 2.05) is 25.2 Å². The van der Waals surface area contributed by atoms with Crippen molar-refractivity contribution in [2.45, 2.75) is 6.54 Å². The fraction of sp³-hybridized carbons (Fsp3) is 0.154. The highest BCUT2D eigenvalue weighted by molar-refractivity contribution is 5.91. The van der Waals surface area contributed by atoms with Crippen LogP contribution in [0.5, 0.6) is 0 Å². The normalized spacial score (nSPS) is 10.8. The summed E-state index contributed by atoms with van der Waals surface area (Å²) in [6.07, 6.45) is 1.47. The molecule has 0 unspecified atom stereocenters. The highest BCUT2D eigenvalue weighted by atomic mass is 16.3. The predicted molar refractivity (Wildman–Crippen MR) is 68.4 cm³/mol. The Morgan fingerprint density at radius 1 is 1.42 bits per heavy atom. The van der Waals surface area contributed by atoms with E-state index in [0.29, 0.717) is 12.3 Å². The Labute approximate surface area is 109 Å². The summed E-state index contributed by atoms with van der Waals surface area (Å²) in [6, 6.07) is 9.09. The number of fused-ring (bicyclic) bond motifs is 1. The van der Waals surface area contributed by atoms with E-state index in [1.165, 1.54) is 6.26 Å². The van der Waals surface area contributed by atoms with Gasteiger partial charge < -0.3 is 9.73 Å². The van der Waals surface area contributed by atoms with Gasteiger partial charge in [0.15, 0.2) is 5.76 Å². The van der Waals surface area contributed by atoms with Crippen LogP contribution in [-0.2, 0) is 13.6 Å². The van der Waals surface area contributed by atoms with Crippen LogP contribution in [-0.4, -0.2) is 20.9 Å². The molecule has 0 aliphatic heterocycles. The van der Waals surface area contributed by atoms with Crippen molar-refractivity contribution in [1.82, 2.24) is 20.3 Å². The molecule has 3 rings (SSSR count). The first-order valence-electron chi connectivity index (χ1n) is 5.84. The van der Waals surface area contributed by atoms with E-state index in [9.17, 15) is 4.79 Å². The first-order valence-corrected chi connectivity index (χ1v) is 5.84. The van der Waals surface area contributed by atoms with Crippen molar-refractivity contribution >= 4 is 16.9 Å². The summed E-state index contributed by atoms with van der Waals surface area (Å²) in [7, 11) is 1.84. The molecular formula is C13H12N4O2. The summed E-state index contributed by atoms with van der Waals surface area (Å²) in [5.74, 6) is 0.0739. The van der Waals surface area contributed by atoms with E-state index in [1.54, 1.807) is 16.8 Å². The van der Waals surface area contributed by atoms with E-state index in [-0.39, 0.29) is 5.91 Å². The first kappa shape index (κ1) is 11.5. The lowest BCUT2D eigenvalue weighted by Gasteiger charge is -2.03. The average molecular weight is 256 g/mol. The number of aromatic nitrogens is 3. The number of benzene rings is 1. The summed E-state index contributed by atoms with van der Waals surface area (Å²) in [5.41, 5.74) is 2.74. The minimum absolute atomic E-state index is 0.232. The molecule has 6 heteroatoms. The Morgan fingerprint density at radius 3 is 3.11 bits per heavy atom. The smallest absolute Gasteiger partial charge is 0.287 e. The second-order valence-electron chi connectivity index (χ2n) is 4.20. The molecule has 0 bridgehead atoms. The zero-order valence-electron chi connectivity index (χ0n) is 10.3. The molecule has 19 heavy (non-hydrogen) atoms. The quantitative estimate of drug-likeness (QED) is 0.770. The van der Waals surface area contributed by atoms with Crippen LogP contribution in [0.2, 0.25) is 0 Å². The van der Waals surface area contributed by atoms with Crippen molar-refractivity contribution in [1.29, 1.82) is 0 Å². The molecule has 1 aromatic carbocycles. The Bertz CT molecular complexity index is 715. The molecule has 0 radical (unpaired) electrons. The van der Waals surface area contributed by atoms with Gasteiger partial charge in [0.25, 0.3) is 5.91 Å². The van der Waals surface area contributed by atoms with Crippen molar-refractivity contribution < 1.29 is 9.21 Å². The highest BCUT2D eigenvalue weighted by Gasteiger charge is 2.08. The number of nitrogens with zero attached hydrogens (tertiary/aromatic N) is 3. The van der Waals surface area contributed by atoms with Gasteiger partial charge in [-0.3, -0.25) is 4.79 Å². The maximum absolute atomic E-state index is 11.7. The zero-order valence-corrected chi connectivity index (χ0v) is 10.3. The first-order chi connectivity index (χ1) is 9.24. The van der Waals surface area contributed by atoms with E-state index in [4.69, 9.17) is 4.42 Å². The number of hydrogen-bond donors (Lipinski definition) is 1. The summed E-state index contributed by atoms with van der Waals surface area (Å²) in [4.78, 5) is 11.7. The fourth-order valence-electron chi connectivity index (χ4n) is 1.87. The monoisotopic (exact) mass is 256 g/mol. The summed E-state index contributed by atoms with van der Waals surface area (Å²) >= 11 is 0. The fourth-order valence-corrected chi connectivity index (χ4v) is 1.87. The maximum atomic E-state index is 11.7. The van der Waals surface area contributed by atoms with Crippen LogP contribution < -0.4 is 5.32 Å². The van der Waals surface area contributed by atoms with Crippen molar-refractivity contribution in [2.24, 2.45) is 7.05 Å². The molecule has 2 heterocycles. The number of furan rings is 1. The third kappa shape index (κ3) is 2.20. The highest BCUT2D eigenvalue weighted by Crippen LogP contribution is 2.12. The van der Waals surface area contributed by atoms with Gasteiger partial charge in [-0.05, 0) is 29.8 Å². The van der Waals surface area contributed by atoms with Crippen LogP contribution in [0.25, 0.3) is 11.0 Å². The largest absolute Gasteiger partial charge is 0.459 e. The van der Waals surface area contributed by atoms with E-state index in [2.05, 4.69) is 15.6 Å². The second kappa shape index (κ2) is 4.56. The summed E-state index contributed by atoms with van der Waals surface area (Å²) < 4.78 is 6.73. The van der Waals surface area contributed by atoms with Crippen molar-refractivity contribution in [3.63, 3.8) is 0 Å². The standard InChI is InChI=1S/C13H12N4O2/c1-17-11-5-4-9(7-10(11)15-16-17)8-14-13(18)12-3-2-6-19-12/h2-7H,8H2,1H3,(H,14,18). The third-order valence-corrected chi connectivity index (χ3v) is 2.87. The Hall–Kier alpha value is -2.63. The van der Waals surface area contributed by atoms with Crippen LogP contribution in [0.4, 0.5) is 0 Å². The molecule has 0 atom stereocenters. The maximum Gasteiger partial charge on any atom is 0.287 e. The SMILES string of the molecule is Cn1nnc2cc(CNC(=O)c3ccco3)ccc21. The van der Waals surface area contributed by atoms with E-state index in [0.717, 1.165) is 16.6 Å². The molecule has 0 aliphatic rings. The molecular weight excluding hydrogens is 244 g/mol. The Kier molecular flexibility index (Phi) is 2.75. The van der Waals surface area contributed by atoms with Crippen molar-refractivity contribution in [3.8, 4) is 0 Å². The molecule has 1 amide bonds. The van der Waals surface area contributed by atoms with Crippen LogP contribution in [0.15, 0.2) is 41.0 Å². The lowest BCUT2D eigenvalue weighted by Crippen LogP contribution is -2.22. The van der Waals surface area contributed by atoms with Gasteiger partial charge in [-0.1, -0.05) is 11.3 Å². The number of aryl methyl sites for hydroxylation is 1. The van der Waals surface area contributed by atoms with Crippen LogP contribution >= 0.6 is 0 Å². The van der Waals surface area contributed by atoms with Gasteiger partial charge in [-0.15, -0.1) is 5.10 Å². The predicted octanol–water partition coefficient (Wildman–Crippen LogP) is 1.49. The molecule has 0 saturated carbocycles. The average Bonchev–Trinajstić information content (AvgIpc) is 3.06. The van der Waals surface area contributed by atoms with Gasteiger partial charge in [0.05, 0.1) is 11.8 Å². The third-order valence-electron chi connectivity index (χ3n) is 2.87. The Morgan fingerprint density at radius 2 is 2.32 bits per heavy atom. The molecule has 0 fully saturated rings. The van der Waals surface area contributed by atoms with Crippen LogP contribution in [0.1, 0.15) is 16.1 Å². The van der Waals surface area contributed by atoms with Gasteiger partial charge in [0, 0.05) is 13.6 Å². The minimum Gasteiger partial charge on any atom is -0.459 e. The van der Waals surface area contributed by atoms with Gasteiger partial charge >= 0.3 is 0 Å². The number of carbonyl (C=O) groups is 1. The summed E-state index contributed by atoms with van der Waals surface area (Å²) in [5, 5.41) is 10.8. The molecule has 96 valence electrons. The topological polar surface area (TPSA) is 73.0 Å². The van der Waals surface area contributed by atoms with Gasteiger partial charge in [0.2, 0.25) is 0 Å². The van der Waals surface area contributed by atoms with Gasteiger partial charge in [-0.2, -0.15) is 0 Å². The number of rotatable bonds is 3. The lowest BCUT2D eigenvalue weighted by atomic mass is 10.2. The zero-order chi connectivity index (χ0) is 13.2. The number of amides is 1. The number of nitrogens with one attached hydrogen (secondary N) is 1. The van der Waals surface area contributed by atoms with Crippen LogP contribution in [0, 0.1) is 0 Å². The van der Waals surface area contributed by atoms with Crippen molar-refractivity contribution in [2.75, 3.05) is 0 Å². The van der Waals surface area contributed by atoms with Crippen LogP contribution in [0.3, 0.4) is 0 Å². The van der Waals surface area contributed by atoms with E-state index >= 15 is 0 Å². The molecule has 6 nitrogen and oxygen atoms in total. The molecule has 2 aromatic heterocycles. The molecule has 0 spiro atoms. The molecule has 0 aliphatic carbocycles. The number of carbonyl (C=O) groups excluding carboxylic acids is 1. The molecule has 0 saturated heterocycles. The van der Waals surface area contributed by atoms with E-state index < -0.39 is 0 Å². The lowest BCUT2D eigenvalue weighted by molar-refractivity contribution is 0.0923. The minimum atomic E-state index is -0.232. The number of hydrogen-bond acceptors (Lipinski definition) is 4. The van der Waals surface area contributed by atoms with Crippen molar-refractivity contribution in [3.05, 3.63) is 47.9 Å². The molecule has 3 aromatic rings. The molecule has 1 N–H and O–H groups in total. The Balaban J connectivity index is 1.73. The summed E-state index contributed by atoms with van der Waals surface area (Å²) in [6.45, 7) is 0.423. The second-order valence-corrected chi connectivity index (χ2v) is 4.20. The van der Waals surface area contributed by atoms with Gasteiger partial charge in [0.1, 0.15) is 5.52 Å². The van der Waals surface area contributed by atoms with Gasteiger partial charge in [-0.25, -0.2) is 4.68 Å².